The Morgan fingerprint density at radius 3 is 2.76 bits per heavy atom. The van der Waals surface area contributed by atoms with E-state index in [1.807, 2.05) is 0 Å². The van der Waals surface area contributed by atoms with Gasteiger partial charge in [0.25, 0.3) is 0 Å². The minimum absolute atomic E-state index is 0.658. The molecule has 0 aliphatic rings. The van der Waals surface area contributed by atoms with Crippen LogP contribution in [0.3, 0.4) is 0 Å². The van der Waals surface area contributed by atoms with E-state index in [0.29, 0.717) is 13.2 Å². The molecule has 0 aliphatic heterocycles. The molecular weight excluding hydrogens is 214 g/mol. The van der Waals surface area contributed by atoms with E-state index >= 15 is 0 Å². The van der Waals surface area contributed by atoms with Crippen LogP contribution in [0.4, 0.5) is 0 Å². The molecule has 0 N–H and O–H groups in total. The summed E-state index contributed by atoms with van der Waals surface area (Å²) in [5.41, 5.74) is 2.56. The first-order valence-electron chi connectivity index (χ1n) is 5.94. The van der Waals surface area contributed by atoms with Gasteiger partial charge in [0.05, 0.1) is 19.8 Å². The predicted molar refractivity (Wildman–Crippen MR) is 69.4 cm³/mol. The van der Waals surface area contributed by atoms with Gasteiger partial charge in [-0.1, -0.05) is 18.2 Å². The Balaban J connectivity index is 2.00. The van der Waals surface area contributed by atoms with Crippen molar-refractivity contribution >= 4 is 10.9 Å². The number of fused-ring (bicyclic) bond motifs is 1. The van der Waals surface area contributed by atoms with Crippen LogP contribution in [0.2, 0.25) is 0 Å². The van der Waals surface area contributed by atoms with Gasteiger partial charge in [0.2, 0.25) is 0 Å². The predicted octanol–water partition coefficient (Wildman–Crippen LogP) is 2.61. The first-order chi connectivity index (χ1) is 8.33. The standard InChI is InChI=1S/C14H19NO2/c1-12-11-13-5-3-4-6-14(13)15(12)7-8-17-10-9-16-2/h3-6,11H,7-10H2,1-2H3. The number of hydrogen-bond donors (Lipinski definition) is 0. The third-order valence-corrected chi connectivity index (χ3v) is 2.91. The Bertz CT molecular complexity index is 476. The Morgan fingerprint density at radius 2 is 1.94 bits per heavy atom. The highest BCUT2D eigenvalue weighted by molar-refractivity contribution is 5.81. The zero-order valence-corrected chi connectivity index (χ0v) is 10.5. The number of aromatic nitrogens is 1. The summed E-state index contributed by atoms with van der Waals surface area (Å²) < 4.78 is 12.7. The summed E-state index contributed by atoms with van der Waals surface area (Å²) >= 11 is 0. The molecule has 0 spiro atoms. The molecule has 2 aromatic rings. The fraction of sp³-hybridized carbons (Fsp3) is 0.429. The number of benzene rings is 1. The van der Waals surface area contributed by atoms with E-state index in [1.54, 1.807) is 7.11 Å². The van der Waals surface area contributed by atoms with Crippen molar-refractivity contribution in [3.05, 3.63) is 36.0 Å². The largest absolute Gasteiger partial charge is 0.382 e. The average molecular weight is 233 g/mol. The first-order valence-corrected chi connectivity index (χ1v) is 5.94. The van der Waals surface area contributed by atoms with Crippen LogP contribution in [0.15, 0.2) is 30.3 Å². The van der Waals surface area contributed by atoms with Crippen LogP contribution in [0.25, 0.3) is 10.9 Å². The molecule has 1 aromatic heterocycles. The van der Waals surface area contributed by atoms with E-state index in [4.69, 9.17) is 9.47 Å². The van der Waals surface area contributed by atoms with Crippen molar-refractivity contribution in [1.29, 1.82) is 0 Å². The van der Waals surface area contributed by atoms with E-state index in [1.165, 1.54) is 16.6 Å². The maximum atomic E-state index is 5.51. The average Bonchev–Trinajstić information content (AvgIpc) is 2.65. The van der Waals surface area contributed by atoms with Gasteiger partial charge in [0.15, 0.2) is 0 Å². The fourth-order valence-electron chi connectivity index (χ4n) is 2.05. The number of aryl methyl sites for hydroxylation is 1. The number of rotatable bonds is 6. The van der Waals surface area contributed by atoms with Crippen LogP contribution < -0.4 is 0 Å². The van der Waals surface area contributed by atoms with Crippen LogP contribution in [-0.2, 0) is 16.0 Å². The van der Waals surface area contributed by atoms with Crippen molar-refractivity contribution < 1.29 is 9.47 Å². The second-order valence-corrected chi connectivity index (χ2v) is 4.10. The number of hydrogen-bond acceptors (Lipinski definition) is 2. The molecule has 3 nitrogen and oxygen atoms in total. The molecule has 3 heteroatoms. The Hall–Kier alpha value is -1.32. The van der Waals surface area contributed by atoms with Crippen LogP contribution in [-0.4, -0.2) is 31.5 Å². The highest BCUT2D eigenvalue weighted by Crippen LogP contribution is 2.18. The molecule has 0 unspecified atom stereocenters. The molecule has 0 saturated carbocycles. The fourth-order valence-corrected chi connectivity index (χ4v) is 2.05. The molecule has 1 aromatic carbocycles. The number of methoxy groups -OCH3 is 1. The van der Waals surface area contributed by atoms with Crippen molar-refractivity contribution in [2.24, 2.45) is 0 Å². The van der Waals surface area contributed by atoms with Gasteiger partial charge in [-0.2, -0.15) is 0 Å². The molecule has 0 saturated heterocycles. The summed E-state index contributed by atoms with van der Waals surface area (Å²) in [4.78, 5) is 0. The summed E-state index contributed by atoms with van der Waals surface area (Å²) in [6.45, 7) is 5.07. The quantitative estimate of drug-likeness (QED) is 0.716. The number of nitrogens with zero attached hydrogens (tertiary/aromatic N) is 1. The molecule has 0 atom stereocenters. The lowest BCUT2D eigenvalue weighted by Gasteiger charge is -2.08. The minimum Gasteiger partial charge on any atom is -0.382 e. The Morgan fingerprint density at radius 1 is 1.12 bits per heavy atom. The van der Waals surface area contributed by atoms with Gasteiger partial charge in [-0.05, 0) is 24.4 Å². The van der Waals surface area contributed by atoms with Gasteiger partial charge in [-0.3, -0.25) is 0 Å². The highest BCUT2D eigenvalue weighted by atomic mass is 16.5. The molecule has 0 amide bonds. The summed E-state index contributed by atoms with van der Waals surface area (Å²) in [5.74, 6) is 0. The molecule has 1 heterocycles. The smallest absolute Gasteiger partial charge is 0.0701 e. The van der Waals surface area contributed by atoms with Gasteiger partial charge < -0.3 is 14.0 Å². The molecule has 92 valence electrons. The summed E-state index contributed by atoms with van der Waals surface area (Å²) in [5, 5.41) is 1.29. The lowest BCUT2D eigenvalue weighted by atomic mass is 10.2. The lowest BCUT2D eigenvalue weighted by molar-refractivity contribution is 0.0668. The SMILES string of the molecule is COCCOCCn1c(C)cc2ccccc21. The molecule has 2 rings (SSSR count). The van der Waals surface area contributed by atoms with Crippen molar-refractivity contribution in [3.63, 3.8) is 0 Å². The second kappa shape index (κ2) is 5.84. The maximum Gasteiger partial charge on any atom is 0.0701 e. The molecule has 0 fully saturated rings. The highest BCUT2D eigenvalue weighted by Gasteiger charge is 2.03. The number of ether oxygens (including phenoxy) is 2. The Kier molecular flexibility index (Phi) is 4.18. The van der Waals surface area contributed by atoms with Crippen molar-refractivity contribution in [1.82, 2.24) is 4.57 Å². The molecule has 0 radical (unpaired) electrons. The Labute approximate surface area is 102 Å². The van der Waals surface area contributed by atoms with E-state index < -0.39 is 0 Å². The van der Waals surface area contributed by atoms with Gasteiger partial charge in [-0.15, -0.1) is 0 Å². The van der Waals surface area contributed by atoms with Gasteiger partial charge in [-0.25, -0.2) is 0 Å². The summed E-state index contributed by atoms with van der Waals surface area (Å²) in [6.07, 6.45) is 0. The third kappa shape index (κ3) is 2.87. The summed E-state index contributed by atoms with van der Waals surface area (Å²) in [7, 11) is 1.69. The lowest BCUT2D eigenvalue weighted by Crippen LogP contribution is -2.10. The molecule has 0 aliphatic carbocycles. The maximum absolute atomic E-state index is 5.51. The van der Waals surface area contributed by atoms with E-state index in [2.05, 4.69) is 41.8 Å². The number of para-hydroxylation sites is 1. The molecular formula is C14H19NO2. The third-order valence-electron chi connectivity index (χ3n) is 2.91. The van der Waals surface area contributed by atoms with Crippen LogP contribution in [0.1, 0.15) is 5.69 Å². The van der Waals surface area contributed by atoms with Crippen molar-refractivity contribution in [3.8, 4) is 0 Å². The van der Waals surface area contributed by atoms with Crippen LogP contribution >= 0.6 is 0 Å². The van der Waals surface area contributed by atoms with Crippen LogP contribution in [0, 0.1) is 6.92 Å². The summed E-state index contributed by atoms with van der Waals surface area (Å²) in [6, 6.07) is 10.7. The zero-order chi connectivity index (χ0) is 12.1. The van der Waals surface area contributed by atoms with Crippen LogP contribution in [0.5, 0.6) is 0 Å². The van der Waals surface area contributed by atoms with E-state index in [9.17, 15) is 0 Å². The van der Waals surface area contributed by atoms with Crippen molar-refractivity contribution in [2.45, 2.75) is 13.5 Å². The normalized spacial score (nSPS) is 11.2. The monoisotopic (exact) mass is 233 g/mol. The zero-order valence-electron chi connectivity index (χ0n) is 10.5. The second-order valence-electron chi connectivity index (χ2n) is 4.10. The first kappa shape index (κ1) is 12.1. The van der Waals surface area contributed by atoms with E-state index in [-0.39, 0.29) is 0 Å². The molecule has 0 bridgehead atoms. The topological polar surface area (TPSA) is 23.4 Å². The minimum atomic E-state index is 0.658. The molecule has 17 heavy (non-hydrogen) atoms. The van der Waals surface area contributed by atoms with Gasteiger partial charge >= 0.3 is 0 Å². The van der Waals surface area contributed by atoms with Gasteiger partial charge in [0, 0.05) is 24.9 Å². The van der Waals surface area contributed by atoms with Crippen molar-refractivity contribution in [2.75, 3.05) is 26.9 Å². The van der Waals surface area contributed by atoms with Gasteiger partial charge in [0.1, 0.15) is 0 Å². The van der Waals surface area contributed by atoms with E-state index in [0.717, 1.165) is 13.2 Å².